The van der Waals surface area contributed by atoms with Gasteiger partial charge in [-0.05, 0) is 42.4 Å². The largest absolute Gasteiger partial charge is 1.00 e. The molecule has 0 fully saturated rings. The van der Waals surface area contributed by atoms with E-state index in [-0.39, 0.29) is 57.1 Å². The molecule has 0 atom stereocenters. The van der Waals surface area contributed by atoms with Gasteiger partial charge in [0.25, 0.3) is 10.1 Å². The molecule has 0 bridgehead atoms. The van der Waals surface area contributed by atoms with Gasteiger partial charge in [0.05, 0.1) is 4.90 Å². The molecule has 2 rings (SSSR count). The van der Waals surface area contributed by atoms with E-state index >= 15 is 0 Å². The molecule has 0 aliphatic carbocycles. The van der Waals surface area contributed by atoms with Crippen molar-refractivity contribution in [1.82, 2.24) is 0 Å². The first-order valence-corrected chi connectivity index (χ1v) is 10.9. The van der Waals surface area contributed by atoms with Crippen molar-refractivity contribution in [2.75, 3.05) is 0 Å². The number of ether oxygens (including phenoxy) is 1. The van der Waals surface area contributed by atoms with Crippen molar-refractivity contribution in [2.45, 2.75) is 63.2 Å². The minimum absolute atomic E-state index is 0. The van der Waals surface area contributed by atoms with E-state index in [1.54, 1.807) is 30.3 Å². The molecule has 2 aromatic carbocycles. The van der Waals surface area contributed by atoms with Crippen molar-refractivity contribution < 1.29 is 74.2 Å². The van der Waals surface area contributed by atoms with Crippen LogP contribution in [0.4, 0.5) is 0 Å². The molecule has 0 unspecified atom stereocenters. The fourth-order valence-corrected chi connectivity index (χ4v) is 3.54. The van der Waals surface area contributed by atoms with Crippen molar-refractivity contribution >= 4 is 10.1 Å². The molecule has 5 nitrogen and oxygen atoms in total. The van der Waals surface area contributed by atoms with Crippen LogP contribution in [0.3, 0.4) is 0 Å². The van der Waals surface area contributed by atoms with Crippen molar-refractivity contribution in [1.29, 1.82) is 0 Å². The maximum atomic E-state index is 12.6. The Balaban J connectivity index is 0.00000392. The maximum absolute atomic E-state index is 12.6. The van der Waals surface area contributed by atoms with Crippen LogP contribution in [-0.2, 0) is 16.5 Å². The van der Waals surface area contributed by atoms with Gasteiger partial charge in [0.2, 0.25) is 0 Å². The summed E-state index contributed by atoms with van der Waals surface area (Å²) in [6.07, 6.45) is 8.62. The van der Waals surface area contributed by atoms with Gasteiger partial charge in [-0.25, -0.2) is 0 Å². The Kier molecular flexibility index (Phi) is 11.9. The molecule has 148 valence electrons. The standard InChI is InChI=1S/C21H28O5S.K/c1-2-3-4-5-6-7-9-12-17-15-16-19(27(23,24)25)20(22)21(17)26-18-13-10-8-11-14-18;/h8,10-11,13-16,22H,2-7,9,12H2,1H3,(H,23,24,25);/q;+1/p-1. The predicted octanol–water partition coefficient (Wildman–Crippen LogP) is 2.10. The summed E-state index contributed by atoms with van der Waals surface area (Å²) in [7, 11) is -4.60. The van der Waals surface area contributed by atoms with Gasteiger partial charge in [-0.3, -0.25) is 4.55 Å². The van der Waals surface area contributed by atoms with Gasteiger partial charge in [0, 0.05) is 0 Å². The average Bonchev–Trinajstić information content (AvgIpc) is 2.63. The summed E-state index contributed by atoms with van der Waals surface area (Å²) in [4.78, 5) is -0.656. The molecule has 2 aromatic rings. The molecule has 7 heteroatoms. The summed E-state index contributed by atoms with van der Waals surface area (Å²) in [5.74, 6) is -0.382. The number of aryl methyl sites for hydroxylation is 1. The van der Waals surface area contributed by atoms with Crippen LogP contribution in [0.5, 0.6) is 17.2 Å². The molecule has 0 aliphatic rings. The Bertz CT molecular complexity index is 822. The third-order valence-corrected chi connectivity index (χ3v) is 5.33. The molecule has 0 radical (unpaired) electrons. The number of unbranched alkanes of at least 4 members (excludes halogenated alkanes) is 6. The Hall–Kier alpha value is -0.414. The summed E-state index contributed by atoms with van der Waals surface area (Å²) in [5, 5.41) is 12.6. The zero-order valence-electron chi connectivity index (χ0n) is 16.7. The number of benzene rings is 2. The van der Waals surface area contributed by atoms with Crippen LogP contribution in [0.1, 0.15) is 57.4 Å². The molecular weight excluding hydrogens is 403 g/mol. The number of hydrogen-bond donors (Lipinski definition) is 1. The first-order valence-electron chi connectivity index (χ1n) is 9.46. The first kappa shape index (κ1) is 25.6. The molecule has 0 amide bonds. The number of hydrogen-bond acceptors (Lipinski definition) is 4. The summed E-state index contributed by atoms with van der Waals surface area (Å²) < 4.78 is 37.9. The minimum atomic E-state index is -4.60. The molecule has 0 aliphatic heterocycles. The minimum Gasteiger partial charge on any atom is -0.869 e. The van der Waals surface area contributed by atoms with Crippen molar-refractivity contribution in [3.05, 3.63) is 48.0 Å². The fourth-order valence-electron chi connectivity index (χ4n) is 2.98. The second-order valence-electron chi connectivity index (χ2n) is 6.64. The number of rotatable bonds is 11. The summed E-state index contributed by atoms with van der Waals surface area (Å²) in [5.41, 5.74) is 0.657. The van der Waals surface area contributed by atoms with E-state index in [9.17, 15) is 18.1 Å². The van der Waals surface area contributed by atoms with Gasteiger partial charge >= 0.3 is 51.4 Å². The van der Waals surface area contributed by atoms with E-state index in [1.165, 1.54) is 25.7 Å². The third-order valence-electron chi connectivity index (χ3n) is 4.45. The van der Waals surface area contributed by atoms with E-state index in [0.717, 1.165) is 25.3 Å². The van der Waals surface area contributed by atoms with Gasteiger partial charge in [-0.15, -0.1) is 0 Å². The smallest absolute Gasteiger partial charge is 0.869 e. The molecule has 28 heavy (non-hydrogen) atoms. The third kappa shape index (κ3) is 8.14. The van der Waals surface area contributed by atoms with Crippen molar-refractivity contribution in [2.24, 2.45) is 0 Å². The second kappa shape index (κ2) is 13.0. The molecule has 0 saturated carbocycles. The van der Waals surface area contributed by atoms with E-state index in [0.29, 0.717) is 17.7 Å². The van der Waals surface area contributed by atoms with Crippen molar-refractivity contribution in [3.8, 4) is 17.2 Å². The van der Waals surface area contributed by atoms with Crippen LogP contribution in [0, 0.1) is 0 Å². The van der Waals surface area contributed by atoms with E-state index < -0.39 is 20.8 Å². The quantitative estimate of drug-likeness (QED) is 0.335. The molecule has 0 aromatic heterocycles. The van der Waals surface area contributed by atoms with Crippen LogP contribution in [-0.4, -0.2) is 13.0 Å². The second-order valence-corrected chi connectivity index (χ2v) is 8.03. The summed E-state index contributed by atoms with van der Waals surface area (Å²) in [6.45, 7) is 2.19. The van der Waals surface area contributed by atoms with Gasteiger partial charge in [0.1, 0.15) is 11.5 Å². The molecule has 0 spiro atoms. The van der Waals surface area contributed by atoms with Gasteiger partial charge in [-0.2, -0.15) is 8.42 Å². The van der Waals surface area contributed by atoms with Gasteiger partial charge < -0.3 is 9.84 Å². The molecular formula is C21H27KO5S. The summed E-state index contributed by atoms with van der Waals surface area (Å²) in [6, 6.07) is 11.4. The Morgan fingerprint density at radius 2 is 1.54 bits per heavy atom. The Morgan fingerprint density at radius 3 is 2.14 bits per heavy atom. The fraction of sp³-hybridized carbons (Fsp3) is 0.429. The van der Waals surface area contributed by atoms with Gasteiger partial charge in [0.15, 0.2) is 0 Å². The zero-order chi connectivity index (χ0) is 19.7. The Morgan fingerprint density at radius 1 is 0.929 bits per heavy atom. The normalized spacial score (nSPS) is 11.1. The Labute approximate surface area is 210 Å². The maximum Gasteiger partial charge on any atom is 1.00 e. The van der Waals surface area contributed by atoms with E-state index in [4.69, 9.17) is 4.74 Å². The molecule has 0 heterocycles. The van der Waals surface area contributed by atoms with Gasteiger partial charge in [-0.1, -0.05) is 69.7 Å². The SMILES string of the molecule is CCCCCCCCCc1ccc(S(=O)(=O)O)c([O-])c1Oc1ccccc1.[K+]. The average molecular weight is 431 g/mol. The number of para-hydroxylation sites is 1. The zero-order valence-corrected chi connectivity index (χ0v) is 20.6. The van der Waals surface area contributed by atoms with Crippen LogP contribution in [0.15, 0.2) is 47.4 Å². The van der Waals surface area contributed by atoms with Crippen LogP contribution in [0.25, 0.3) is 0 Å². The van der Waals surface area contributed by atoms with Crippen molar-refractivity contribution in [3.63, 3.8) is 0 Å². The first-order chi connectivity index (χ1) is 12.9. The van der Waals surface area contributed by atoms with E-state index in [2.05, 4.69) is 6.92 Å². The predicted molar refractivity (Wildman–Crippen MR) is 104 cm³/mol. The topological polar surface area (TPSA) is 86.7 Å². The molecule has 1 N–H and O–H groups in total. The van der Waals surface area contributed by atoms with Crippen LogP contribution < -0.4 is 61.2 Å². The van der Waals surface area contributed by atoms with Crippen LogP contribution >= 0.6 is 0 Å². The van der Waals surface area contributed by atoms with E-state index in [1.807, 2.05) is 6.07 Å². The monoisotopic (exact) mass is 430 g/mol. The van der Waals surface area contributed by atoms with Crippen LogP contribution in [0.2, 0.25) is 0 Å². The summed E-state index contributed by atoms with van der Waals surface area (Å²) >= 11 is 0. The molecule has 0 saturated heterocycles.